The van der Waals surface area contributed by atoms with Crippen molar-refractivity contribution in [1.29, 1.82) is 0 Å². The summed E-state index contributed by atoms with van der Waals surface area (Å²) in [5.74, 6) is 1.20. The number of hydrogen-bond donors (Lipinski definition) is 0. The molecule has 5 rings (SSSR count). The van der Waals surface area contributed by atoms with Crippen molar-refractivity contribution in [2.75, 3.05) is 4.90 Å². The number of amides is 1. The number of para-hydroxylation sites is 1. The monoisotopic (exact) mass is 430 g/mol. The Morgan fingerprint density at radius 2 is 1.90 bits per heavy atom. The van der Waals surface area contributed by atoms with Crippen LogP contribution in [0.15, 0.2) is 59.6 Å². The van der Waals surface area contributed by atoms with Gasteiger partial charge in [-0.25, -0.2) is 0 Å². The number of benzene rings is 3. The van der Waals surface area contributed by atoms with E-state index in [1.165, 1.54) is 5.56 Å². The SMILES string of the molecule is Cc1cc(CCl)cc(COc2cc3c(cc2C)C(=O)N2c4ccccc4C[C@H]2C=N3)c1. The van der Waals surface area contributed by atoms with Crippen molar-refractivity contribution in [3.63, 3.8) is 0 Å². The zero-order chi connectivity index (χ0) is 21.5. The number of halogens is 1. The number of ether oxygens (including phenoxy) is 1. The highest BCUT2D eigenvalue weighted by atomic mass is 35.5. The van der Waals surface area contributed by atoms with E-state index in [1.54, 1.807) is 0 Å². The Balaban J connectivity index is 1.44. The van der Waals surface area contributed by atoms with Crippen LogP contribution >= 0.6 is 11.6 Å². The predicted molar refractivity (Wildman–Crippen MR) is 125 cm³/mol. The van der Waals surface area contributed by atoms with Crippen LogP contribution in [0.3, 0.4) is 0 Å². The molecule has 0 saturated carbocycles. The molecule has 31 heavy (non-hydrogen) atoms. The van der Waals surface area contributed by atoms with Crippen LogP contribution in [0.4, 0.5) is 11.4 Å². The molecule has 2 aliphatic heterocycles. The number of hydrogen-bond acceptors (Lipinski definition) is 3. The van der Waals surface area contributed by atoms with Crippen LogP contribution in [0.2, 0.25) is 0 Å². The fourth-order valence-electron chi connectivity index (χ4n) is 4.47. The topological polar surface area (TPSA) is 41.9 Å². The number of carbonyl (C=O) groups excluding carboxylic acids is 1. The predicted octanol–water partition coefficient (Wildman–Crippen LogP) is 5.91. The molecule has 0 N–H and O–H groups in total. The Labute approximate surface area is 187 Å². The van der Waals surface area contributed by atoms with Crippen molar-refractivity contribution in [3.8, 4) is 5.75 Å². The van der Waals surface area contributed by atoms with Crippen molar-refractivity contribution in [3.05, 3.63) is 88.0 Å². The molecule has 3 aromatic carbocycles. The van der Waals surface area contributed by atoms with E-state index in [-0.39, 0.29) is 11.9 Å². The van der Waals surface area contributed by atoms with Crippen LogP contribution in [-0.2, 0) is 18.9 Å². The van der Waals surface area contributed by atoms with Gasteiger partial charge in [-0.3, -0.25) is 14.7 Å². The lowest BCUT2D eigenvalue weighted by Crippen LogP contribution is -2.37. The highest BCUT2D eigenvalue weighted by Gasteiger charge is 2.36. The molecular formula is C26H23ClN2O2. The molecule has 5 heteroatoms. The smallest absolute Gasteiger partial charge is 0.261 e. The van der Waals surface area contributed by atoms with Crippen LogP contribution in [-0.4, -0.2) is 18.2 Å². The minimum absolute atomic E-state index is 0.0115. The lowest BCUT2D eigenvalue weighted by atomic mass is 10.1. The molecule has 3 aromatic rings. The van der Waals surface area contributed by atoms with Crippen LogP contribution < -0.4 is 9.64 Å². The molecule has 0 radical (unpaired) electrons. The highest BCUT2D eigenvalue weighted by Crippen LogP contribution is 2.38. The summed E-state index contributed by atoms with van der Waals surface area (Å²) < 4.78 is 6.13. The second kappa shape index (κ2) is 7.86. The van der Waals surface area contributed by atoms with Crippen molar-refractivity contribution in [1.82, 2.24) is 0 Å². The fourth-order valence-corrected chi connectivity index (χ4v) is 4.62. The standard InChI is InChI=1S/C26H23ClN2O2/c1-16-7-18(13-27)10-19(8-16)15-31-25-12-23-22(9-17(25)2)26(30)29-21(14-28-23)11-20-5-3-4-6-24(20)29/h3-10,12,14,21H,11,13,15H2,1-2H3/t21-/m0/s1. The Kier molecular flexibility index (Phi) is 5.03. The lowest BCUT2D eigenvalue weighted by Gasteiger charge is -2.22. The number of rotatable bonds is 4. The van der Waals surface area contributed by atoms with Gasteiger partial charge >= 0.3 is 0 Å². The van der Waals surface area contributed by atoms with E-state index in [4.69, 9.17) is 16.3 Å². The van der Waals surface area contributed by atoms with Crippen LogP contribution in [0.25, 0.3) is 0 Å². The van der Waals surface area contributed by atoms with Crippen LogP contribution in [0.1, 0.15) is 38.2 Å². The number of nitrogens with zero attached hydrogens (tertiary/aromatic N) is 2. The quantitative estimate of drug-likeness (QED) is 0.483. The van der Waals surface area contributed by atoms with E-state index in [9.17, 15) is 4.79 Å². The summed E-state index contributed by atoms with van der Waals surface area (Å²) in [6, 6.07) is 18.0. The summed E-state index contributed by atoms with van der Waals surface area (Å²) in [5, 5.41) is 0. The first-order valence-corrected chi connectivity index (χ1v) is 11.0. The number of alkyl halides is 1. The van der Waals surface area contributed by atoms with Gasteiger partial charge < -0.3 is 4.74 Å². The Bertz CT molecular complexity index is 1220. The number of fused-ring (bicyclic) bond motifs is 4. The molecule has 1 atom stereocenters. The van der Waals surface area contributed by atoms with Crippen LogP contribution in [0.5, 0.6) is 5.75 Å². The number of aryl methyl sites for hydroxylation is 2. The van der Waals surface area contributed by atoms with Crippen molar-refractivity contribution in [2.24, 2.45) is 4.99 Å². The van der Waals surface area contributed by atoms with E-state index in [0.717, 1.165) is 40.1 Å². The number of anilines is 1. The maximum absolute atomic E-state index is 13.4. The van der Waals surface area contributed by atoms with Gasteiger partial charge in [-0.05, 0) is 48.2 Å². The van der Waals surface area contributed by atoms with Crippen LogP contribution in [0, 0.1) is 13.8 Å². The third-order valence-corrected chi connectivity index (χ3v) is 6.19. The maximum Gasteiger partial charge on any atom is 0.261 e. The van der Waals surface area contributed by atoms with Gasteiger partial charge in [0, 0.05) is 30.3 Å². The Morgan fingerprint density at radius 3 is 2.74 bits per heavy atom. The summed E-state index contributed by atoms with van der Waals surface area (Å²) in [4.78, 5) is 20.0. The summed E-state index contributed by atoms with van der Waals surface area (Å²) in [7, 11) is 0. The van der Waals surface area contributed by atoms with Gasteiger partial charge in [-0.15, -0.1) is 11.6 Å². The Hall–Kier alpha value is -3.11. The van der Waals surface area contributed by atoms with Gasteiger partial charge in [0.2, 0.25) is 0 Å². The molecule has 2 aliphatic rings. The number of aliphatic imine (C=N–C) groups is 1. The summed E-state index contributed by atoms with van der Waals surface area (Å²) in [6.45, 7) is 4.45. The average Bonchev–Trinajstić information content (AvgIpc) is 3.08. The van der Waals surface area contributed by atoms with Gasteiger partial charge in [0.15, 0.2) is 0 Å². The minimum Gasteiger partial charge on any atom is -0.489 e. The molecule has 156 valence electrons. The second-order valence-corrected chi connectivity index (χ2v) is 8.50. The molecule has 0 aromatic heterocycles. The Morgan fingerprint density at radius 1 is 1.10 bits per heavy atom. The van der Waals surface area contributed by atoms with E-state index >= 15 is 0 Å². The van der Waals surface area contributed by atoms with Gasteiger partial charge in [0.05, 0.1) is 17.3 Å². The zero-order valence-corrected chi connectivity index (χ0v) is 18.3. The van der Waals surface area contributed by atoms with Gasteiger partial charge in [-0.1, -0.05) is 42.0 Å². The summed E-state index contributed by atoms with van der Waals surface area (Å²) in [6.07, 6.45) is 2.67. The molecule has 0 bridgehead atoms. The third-order valence-electron chi connectivity index (χ3n) is 5.89. The summed E-state index contributed by atoms with van der Waals surface area (Å²) >= 11 is 6.00. The highest BCUT2D eigenvalue weighted by molar-refractivity contribution is 6.17. The molecule has 0 saturated heterocycles. The minimum atomic E-state index is -0.0526. The first-order chi connectivity index (χ1) is 15.0. The third kappa shape index (κ3) is 3.61. The average molecular weight is 431 g/mol. The van der Waals surface area contributed by atoms with Gasteiger partial charge in [0.25, 0.3) is 5.91 Å². The molecular weight excluding hydrogens is 408 g/mol. The van der Waals surface area contributed by atoms with E-state index in [2.05, 4.69) is 36.2 Å². The second-order valence-electron chi connectivity index (χ2n) is 8.24. The first-order valence-electron chi connectivity index (χ1n) is 10.4. The molecule has 0 fully saturated rings. The molecule has 1 amide bonds. The molecule has 0 spiro atoms. The van der Waals surface area contributed by atoms with Gasteiger partial charge in [0.1, 0.15) is 12.4 Å². The maximum atomic E-state index is 13.4. The zero-order valence-electron chi connectivity index (χ0n) is 17.6. The first kappa shape index (κ1) is 19.8. The molecule has 0 aliphatic carbocycles. The van der Waals surface area contributed by atoms with E-state index in [0.29, 0.717) is 23.7 Å². The largest absolute Gasteiger partial charge is 0.489 e. The lowest BCUT2D eigenvalue weighted by molar-refractivity contribution is 0.0987. The van der Waals surface area contributed by atoms with Crippen molar-refractivity contribution >= 4 is 35.1 Å². The fraction of sp³-hybridized carbons (Fsp3) is 0.231. The normalized spacial score (nSPS) is 16.5. The van der Waals surface area contributed by atoms with Gasteiger partial charge in [-0.2, -0.15) is 0 Å². The summed E-state index contributed by atoms with van der Waals surface area (Å²) in [5.41, 5.74) is 7.65. The molecule has 4 nitrogen and oxygen atoms in total. The number of carbonyl (C=O) groups is 1. The van der Waals surface area contributed by atoms with E-state index in [1.807, 2.05) is 48.4 Å². The van der Waals surface area contributed by atoms with Crippen molar-refractivity contribution in [2.45, 2.75) is 38.8 Å². The van der Waals surface area contributed by atoms with E-state index < -0.39 is 0 Å². The molecule has 0 unspecified atom stereocenters. The molecule has 2 heterocycles. The van der Waals surface area contributed by atoms with Crippen molar-refractivity contribution < 1.29 is 9.53 Å².